The molecule has 4 nitrogen and oxygen atoms in total. The van der Waals surface area contributed by atoms with Crippen molar-refractivity contribution in [3.05, 3.63) is 36.2 Å². The molecule has 1 aromatic heterocycles. The lowest BCUT2D eigenvalue weighted by molar-refractivity contribution is -0.708. The van der Waals surface area contributed by atoms with Crippen molar-refractivity contribution in [2.24, 2.45) is 0 Å². The van der Waals surface area contributed by atoms with Crippen LogP contribution in [0.15, 0.2) is 34.9 Å². The SMILES string of the molecule is c1ccc(-c2noc(C[NH2+]C3CCCCC3)n2)cc1. The van der Waals surface area contributed by atoms with E-state index in [4.69, 9.17) is 4.52 Å². The molecule has 2 N–H and O–H groups in total. The van der Waals surface area contributed by atoms with E-state index in [9.17, 15) is 0 Å². The molecule has 0 atom stereocenters. The summed E-state index contributed by atoms with van der Waals surface area (Å²) in [5, 5.41) is 6.39. The van der Waals surface area contributed by atoms with E-state index in [2.05, 4.69) is 15.5 Å². The lowest BCUT2D eigenvalue weighted by Crippen LogP contribution is -2.88. The zero-order valence-electron chi connectivity index (χ0n) is 11.1. The summed E-state index contributed by atoms with van der Waals surface area (Å²) in [5.41, 5.74) is 1.01. The molecular weight excluding hydrogens is 238 g/mol. The zero-order valence-corrected chi connectivity index (χ0v) is 11.1. The molecule has 0 saturated heterocycles. The van der Waals surface area contributed by atoms with Gasteiger partial charge in [0.2, 0.25) is 5.82 Å². The van der Waals surface area contributed by atoms with E-state index in [1.54, 1.807) is 0 Å². The first-order chi connectivity index (χ1) is 9.42. The molecule has 4 heteroatoms. The van der Waals surface area contributed by atoms with Crippen LogP contribution in [0.25, 0.3) is 11.4 Å². The van der Waals surface area contributed by atoms with Crippen LogP contribution < -0.4 is 5.32 Å². The average Bonchev–Trinajstić information content (AvgIpc) is 2.96. The normalized spacial score (nSPS) is 16.6. The van der Waals surface area contributed by atoms with Gasteiger partial charge in [0.25, 0.3) is 5.89 Å². The first-order valence-corrected chi connectivity index (χ1v) is 7.13. The van der Waals surface area contributed by atoms with E-state index in [1.807, 2.05) is 30.3 Å². The van der Waals surface area contributed by atoms with Crippen molar-refractivity contribution in [3.8, 4) is 11.4 Å². The number of quaternary nitrogens is 1. The fourth-order valence-electron chi connectivity index (χ4n) is 2.68. The summed E-state index contributed by atoms with van der Waals surface area (Å²) in [6.45, 7) is 0.796. The van der Waals surface area contributed by atoms with Gasteiger partial charge in [-0.1, -0.05) is 41.9 Å². The maximum atomic E-state index is 5.32. The Morgan fingerprint density at radius 1 is 1.11 bits per heavy atom. The van der Waals surface area contributed by atoms with E-state index in [1.165, 1.54) is 32.1 Å². The summed E-state index contributed by atoms with van der Waals surface area (Å²) < 4.78 is 5.32. The first-order valence-electron chi connectivity index (χ1n) is 7.13. The van der Waals surface area contributed by atoms with Crippen molar-refractivity contribution in [1.29, 1.82) is 0 Å². The number of nitrogens with zero attached hydrogens (tertiary/aromatic N) is 2. The topological polar surface area (TPSA) is 55.5 Å². The maximum absolute atomic E-state index is 5.32. The lowest BCUT2D eigenvalue weighted by Gasteiger charge is -2.18. The van der Waals surface area contributed by atoms with Gasteiger partial charge in [-0.2, -0.15) is 4.98 Å². The Hall–Kier alpha value is -1.68. The molecule has 0 unspecified atom stereocenters. The van der Waals surface area contributed by atoms with Crippen molar-refractivity contribution >= 4 is 0 Å². The van der Waals surface area contributed by atoms with E-state index >= 15 is 0 Å². The van der Waals surface area contributed by atoms with Crippen molar-refractivity contribution in [2.75, 3.05) is 0 Å². The van der Waals surface area contributed by atoms with Crippen molar-refractivity contribution < 1.29 is 9.84 Å². The molecule has 1 aliphatic rings. The molecule has 0 amide bonds. The second-order valence-electron chi connectivity index (χ2n) is 5.22. The Labute approximate surface area is 113 Å². The predicted octanol–water partition coefficient (Wildman–Crippen LogP) is 2.13. The second kappa shape index (κ2) is 5.97. The quantitative estimate of drug-likeness (QED) is 0.914. The Kier molecular flexibility index (Phi) is 3.89. The molecule has 2 aromatic rings. The highest BCUT2D eigenvalue weighted by molar-refractivity contribution is 5.53. The molecule has 1 fully saturated rings. The Morgan fingerprint density at radius 2 is 1.89 bits per heavy atom. The van der Waals surface area contributed by atoms with Gasteiger partial charge < -0.3 is 9.84 Å². The third-order valence-corrected chi connectivity index (χ3v) is 3.78. The third kappa shape index (κ3) is 3.20. The van der Waals surface area contributed by atoms with E-state index < -0.39 is 0 Å². The Morgan fingerprint density at radius 3 is 2.68 bits per heavy atom. The largest absolute Gasteiger partial charge is 0.336 e. The molecule has 1 aliphatic carbocycles. The lowest BCUT2D eigenvalue weighted by atomic mass is 9.95. The third-order valence-electron chi connectivity index (χ3n) is 3.78. The molecule has 0 spiro atoms. The zero-order chi connectivity index (χ0) is 12.9. The van der Waals surface area contributed by atoms with Crippen molar-refractivity contribution in [3.63, 3.8) is 0 Å². The summed E-state index contributed by atoms with van der Waals surface area (Å²) in [7, 11) is 0. The van der Waals surface area contributed by atoms with Gasteiger partial charge in [0.15, 0.2) is 6.54 Å². The number of benzene rings is 1. The molecule has 3 rings (SSSR count). The monoisotopic (exact) mass is 258 g/mol. The minimum atomic E-state index is 0.688. The molecule has 1 saturated carbocycles. The van der Waals surface area contributed by atoms with Crippen LogP contribution in [-0.2, 0) is 6.54 Å². The van der Waals surface area contributed by atoms with E-state index in [-0.39, 0.29) is 0 Å². The number of aromatic nitrogens is 2. The van der Waals surface area contributed by atoms with Gasteiger partial charge in [-0.15, -0.1) is 0 Å². The van der Waals surface area contributed by atoms with Gasteiger partial charge in [0.05, 0.1) is 6.04 Å². The summed E-state index contributed by atoms with van der Waals surface area (Å²) in [6.07, 6.45) is 6.75. The molecule has 1 heterocycles. The van der Waals surface area contributed by atoms with Crippen LogP contribution in [0.4, 0.5) is 0 Å². The average molecular weight is 258 g/mol. The Bertz CT molecular complexity index is 503. The smallest absolute Gasteiger partial charge is 0.282 e. The van der Waals surface area contributed by atoms with Crippen LogP contribution in [-0.4, -0.2) is 16.2 Å². The highest BCUT2D eigenvalue weighted by atomic mass is 16.5. The minimum absolute atomic E-state index is 0.688. The van der Waals surface area contributed by atoms with Crippen LogP contribution in [0.1, 0.15) is 38.0 Å². The van der Waals surface area contributed by atoms with Gasteiger partial charge in [-0.3, -0.25) is 0 Å². The van der Waals surface area contributed by atoms with Crippen molar-refractivity contribution in [1.82, 2.24) is 10.1 Å². The standard InChI is InChI=1S/C15H19N3O/c1-3-7-12(8-4-1)15-17-14(19-18-15)11-16-13-9-5-2-6-10-13/h1,3-4,7-8,13,16H,2,5-6,9-11H2/p+1. The van der Waals surface area contributed by atoms with Gasteiger partial charge >= 0.3 is 0 Å². The number of hydrogen-bond donors (Lipinski definition) is 1. The maximum Gasteiger partial charge on any atom is 0.282 e. The van der Waals surface area contributed by atoms with Crippen LogP contribution in [0.2, 0.25) is 0 Å². The summed E-state index contributed by atoms with van der Waals surface area (Å²) in [6, 6.07) is 10.7. The summed E-state index contributed by atoms with van der Waals surface area (Å²) in [5.74, 6) is 1.41. The highest BCUT2D eigenvalue weighted by Crippen LogP contribution is 2.16. The summed E-state index contributed by atoms with van der Waals surface area (Å²) >= 11 is 0. The molecule has 19 heavy (non-hydrogen) atoms. The highest BCUT2D eigenvalue weighted by Gasteiger charge is 2.17. The molecule has 1 aromatic carbocycles. The van der Waals surface area contributed by atoms with Crippen LogP contribution >= 0.6 is 0 Å². The van der Waals surface area contributed by atoms with Crippen LogP contribution in [0.5, 0.6) is 0 Å². The number of hydrogen-bond acceptors (Lipinski definition) is 3. The molecular formula is C15H20N3O+. The Balaban J connectivity index is 1.59. The molecule has 0 bridgehead atoms. The van der Waals surface area contributed by atoms with Gasteiger partial charge in [0, 0.05) is 5.56 Å². The van der Waals surface area contributed by atoms with Gasteiger partial charge in [-0.25, -0.2) is 0 Å². The predicted molar refractivity (Wildman–Crippen MR) is 72.2 cm³/mol. The van der Waals surface area contributed by atoms with E-state index in [0.29, 0.717) is 5.82 Å². The fourth-order valence-corrected chi connectivity index (χ4v) is 2.68. The number of nitrogens with two attached hydrogens (primary N) is 1. The van der Waals surface area contributed by atoms with Crippen LogP contribution in [0, 0.1) is 0 Å². The molecule has 0 aliphatic heterocycles. The van der Waals surface area contributed by atoms with Crippen LogP contribution in [0.3, 0.4) is 0 Å². The minimum Gasteiger partial charge on any atom is -0.336 e. The van der Waals surface area contributed by atoms with Gasteiger partial charge in [-0.05, 0) is 25.7 Å². The van der Waals surface area contributed by atoms with Gasteiger partial charge in [0.1, 0.15) is 0 Å². The van der Waals surface area contributed by atoms with E-state index in [0.717, 1.165) is 24.0 Å². The second-order valence-corrected chi connectivity index (χ2v) is 5.22. The first kappa shape index (κ1) is 12.4. The molecule has 100 valence electrons. The molecule has 0 radical (unpaired) electrons. The summed E-state index contributed by atoms with van der Waals surface area (Å²) in [4.78, 5) is 4.46. The fraction of sp³-hybridized carbons (Fsp3) is 0.467. The number of rotatable bonds is 4. The van der Waals surface area contributed by atoms with Crippen molar-refractivity contribution in [2.45, 2.75) is 44.7 Å².